The van der Waals surface area contributed by atoms with E-state index in [9.17, 15) is 4.79 Å². The van der Waals surface area contributed by atoms with Gasteiger partial charge in [-0.1, -0.05) is 29.4 Å². The van der Waals surface area contributed by atoms with Gasteiger partial charge in [-0.15, -0.1) is 0 Å². The molecule has 0 aliphatic heterocycles. The highest BCUT2D eigenvalue weighted by molar-refractivity contribution is 6.01. The maximum absolute atomic E-state index is 10.4. The van der Waals surface area contributed by atoms with Crippen LogP contribution in [-0.4, -0.2) is 23.4 Å². The smallest absolute Gasteiger partial charge is 0.344 e. The zero-order valence-electron chi connectivity index (χ0n) is 9.56. The zero-order valence-corrected chi connectivity index (χ0v) is 9.56. The Morgan fingerprint density at radius 1 is 1.29 bits per heavy atom. The quantitative estimate of drug-likeness (QED) is 0.643. The predicted octanol–water partition coefficient (Wildman–Crippen LogP) is 2.22. The van der Waals surface area contributed by atoms with Gasteiger partial charge in [0.1, 0.15) is 0 Å². The molecule has 4 nitrogen and oxygen atoms in total. The summed E-state index contributed by atoms with van der Waals surface area (Å²) in [6.45, 7) is -0.383. The first-order valence-electron chi connectivity index (χ1n) is 5.76. The molecule has 0 aromatic heterocycles. The van der Waals surface area contributed by atoms with Crippen LogP contribution in [0, 0.1) is 0 Å². The predicted molar refractivity (Wildman–Crippen MR) is 64.1 cm³/mol. The average Bonchev–Trinajstić information content (AvgIpc) is 2.52. The van der Waals surface area contributed by atoms with Crippen molar-refractivity contribution in [2.24, 2.45) is 5.16 Å². The van der Waals surface area contributed by atoms with Gasteiger partial charge >= 0.3 is 5.97 Å². The Labute approximate surface area is 99.9 Å². The monoisotopic (exact) mass is 233 g/mol. The number of aryl methyl sites for hydroxylation is 1. The molecule has 4 heteroatoms. The van der Waals surface area contributed by atoms with E-state index in [1.54, 1.807) is 0 Å². The van der Waals surface area contributed by atoms with Crippen LogP contribution in [0.1, 0.15) is 30.4 Å². The van der Waals surface area contributed by atoms with Gasteiger partial charge in [0.15, 0.2) is 0 Å². The topological polar surface area (TPSA) is 58.9 Å². The molecule has 0 atom stereocenters. The Morgan fingerprint density at radius 2 is 2.06 bits per heavy atom. The van der Waals surface area contributed by atoms with Gasteiger partial charge in [-0.05, 0) is 31.2 Å². The van der Waals surface area contributed by atoms with E-state index in [0.717, 1.165) is 37.0 Å². The number of carbonyl (C=O) groups is 1. The van der Waals surface area contributed by atoms with Gasteiger partial charge in [0.05, 0.1) is 5.71 Å². The lowest BCUT2D eigenvalue weighted by Gasteiger charge is -2.06. The lowest BCUT2D eigenvalue weighted by Crippen LogP contribution is -2.07. The molecular weight excluding hydrogens is 218 g/mol. The van der Waals surface area contributed by atoms with Crippen LogP contribution in [0.25, 0.3) is 0 Å². The van der Waals surface area contributed by atoms with Crippen LogP contribution in [0.3, 0.4) is 0 Å². The fourth-order valence-electron chi connectivity index (χ4n) is 2.02. The van der Waals surface area contributed by atoms with Crippen molar-refractivity contribution in [3.63, 3.8) is 0 Å². The van der Waals surface area contributed by atoms with Crippen LogP contribution in [0.5, 0.6) is 0 Å². The Hall–Kier alpha value is -1.84. The summed E-state index contributed by atoms with van der Waals surface area (Å²) < 4.78 is 0. The number of aliphatic carboxylic acids is 1. The van der Waals surface area contributed by atoms with E-state index in [1.165, 1.54) is 5.56 Å². The largest absolute Gasteiger partial charge is 0.479 e. The van der Waals surface area contributed by atoms with E-state index in [-0.39, 0.29) is 6.61 Å². The van der Waals surface area contributed by atoms with Crippen LogP contribution >= 0.6 is 0 Å². The maximum atomic E-state index is 10.4. The van der Waals surface area contributed by atoms with E-state index in [0.29, 0.717) is 0 Å². The van der Waals surface area contributed by atoms with Crippen molar-refractivity contribution in [1.29, 1.82) is 0 Å². The molecule has 0 unspecified atom stereocenters. The number of fused-ring (bicyclic) bond motifs is 1. The van der Waals surface area contributed by atoms with Crippen molar-refractivity contribution in [2.45, 2.75) is 25.7 Å². The Bertz CT molecular complexity index is 440. The molecule has 0 saturated heterocycles. The molecule has 1 N–H and O–H groups in total. The van der Waals surface area contributed by atoms with Crippen molar-refractivity contribution in [3.8, 4) is 0 Å². The van der Waals surface area contributed by atoms with Gasteiger partial charge in [0, 0.05) is 5.56 Å². The SMILES string of the molecule is O=C(O)CON=C1CCCCc2ccccc21. The van der Waals surface area contributed by atoms with Crippen molar-refractivity contribution in [1.82, 2.24) is 0 Å². The number of carboxylic acid groups (broad SMARTS) is 1. The van der Waals surface area contributed by atoms with E-state index < -0.39 is 5.97 Å². The Morgan fingerprint density at radius 3 is 2.88 bits per heavy atom. The summed E-state index contributed by atoms with van der Waals surface area (Å²) >= 11 is 0. The highest BCUT2D eigenvalue weighted by Gasteiger charge is 2.13. The van der Waals surface area contributed by atoms with Crippen molar-refractivity contribution in [3.05, 3.63) is 35.4 Å². The molecule has 17 heavy (non-hydrogen) atoms. The molecule has 0 fully saturated rings. The van der Waals surface area contributed by atoms with Gasteiger partial charge in [-0.2, -0.15) is 0 Å². The molecule has 0 saturated carbocycles. The second-order valence-corrected chi connectivity index (χ2v) is 4.07. The normalized spacial score (nSPS) is 17.3. The standard InChI is InChI=1S/C13H15NO3/c15-13(16)9-17-14-12-8-4-2-6-10-5-1-3-7-11(10)12/h1,3,5,7H,2,4,6,8-9H2,(H,15,16). The fourth-order valence-corrected chi connectivity index (χ4v) is 2.02. The summed E-state index contributed by atoms with van der Waals surface area (Å²) in [6.07, 6.45) is 4.09. The number of oxime groups is 1. The maximum Gasteiger partial charge on any atom is 0.344 e. The fraction of sp³-hybridized carbons (Fsp3) is 0.385. The van der Waals surface area contributed by atoms with E-state index in [2.05, 4.69) is 11.2 Å². The number of rotatable bonds is 3. The molecule has 0 spiro atoms. The highest BCUT2D eigenvalue weighted by atomic mass is 16.6. The Balaban J connectivity index is 2.19. The summed E-state index contributed by atoms with van der Waals surface area (Å²) in [5.41, 5.74) is 3.22. The minimum Gasteiger partial charge on any atom is -0.479 e. The van der Waals surface area contributed by atoms with E-state index in [4.69, 9.17) is 9.94 Å². The van der Waals surface area contributed by atoms with Crippen molar-refractivity contribution >= 4 is 11.7 Å². The van der Waals surface area contributed by atoms with Gasteiger partial charge in [0.25, 0.3) is 0 Å². The van der Waals surface area contributed by atoms with Crippen LogP contribution in [0.15, 0.2) is 29.4 Å². The second kappa shape index (κ2) is 5.48. The lowest BCUT2D eigenvalue weighted by atomic mass is 10.0. The first-order valence-corrected chi connectivity index (χ1v) is 5.76. The average molecular weight is 233 g/mol. The van der Waals surface area contributed by atoms with Gasteiger partial charge < -0.3 is 9.94 Å². The van der Waals surface area contributed by atoms with E-state index in [1.807, 2.05) is 18.2 Å². The zero-order chi connectivity index (χ0) is 12.1. The number of hydrogen-bond acceptors (Lipinski definition) is 3. The van der Waals surface area contributed by atoms with Gasteiger partial charge in [-0.25, -0.2) is 4.79 Å². The van der Waals surface area contributed by atoms with Gasteiger partial charge in [-0.3, -0.25) is 0 Å². The number of hydrogen-bond donors (Lipinski definition) is 1. The summed E-state index contributed by atoms with van der Waals surface area (Å²) in [5.74, 6) is -1.00. The summed E-state index contributed by atoms with van der Waals surface area (Å²) in [5, 5.41) is 12.5. The van der Waals surface area contributed by atoms with Crippen LogP contribution in [0.2, 0.25) is 0 Å². The minimum atomic E-state index is -1.00. The molecular formula is C13H15NO3. The molecule has 90 valence electrons. The molecule has 1 aliphatic carbocycles. The molecule has 0 bridgehead atoms. The summed E-state index contributed by atoms with van der Waals surface area (Å²) in [7, 11) is 0. The first kappa shape index (κ1) is 11.6. The summed E-state index contributed by atoms with van der Waals surface area (Å²) in [4.78, 5) is 15.2. The number of carboxylic acids is 1. The molecule has 0 radical (unpaired) electrons. The van der Waals surface area contributed by atoms with Crippen LogP contribution < -0.4 is 0 Å². The molecule has 0 amide bonds. The molecule has 2 rings (SSSR count). The Kier molecular flexibility index (Phi) is 3.75. The second-order valence-electron chi connectivity index (χ2n) is 4.07. The molecule has 1 aliphatic rings. The van der Waals surface area contributed by atoms with Crippen molar-refractivity contribution in [2.75, 3.05) is 6.61 Å². The van der Waals surface area contributed by atoms with Crippen molar-refractivity contribution < 1.29 is 14.7 Å². The molecule has 1 aromatic carbocycles. The summed E-state index contributed by atoms with van der Waals surface area (Å²) in [6, 6.07) is 8.09. The lowest BCUT2D eigenvalue weighted by molar-refractivity contribution is -0.142. The molecule has 1 aromatic rings. The third-order valence-corrected chi connectivity index (χ3v) is 2.80. The third-order valence-electron chi connectivity index (χ3n) is 2.80. The van der Waals surface area contributed by atoms with Crippen LogP contribution in [-0.2, 0) is 16.1 Å². The number of nitrogens with zero attached hydrogens (tertiary/aromatic N) is 1. The third kappa shape index (κ3) is 3.06. The molecule has 0 heterocycles. The highest BCUT2D eigenvalue weighted by Crippen LogP contribution is 2.20. The van der Waals surface area contributed by atoms with Crippen LogP contribution in [0.4, 0.5) is 0 Å². The number of benzene rings is 1. The van der Waals surface area contributed by atoms with Gasteiger partial charge in [0.2, 0.25) is 6.61 Å². The van der Waals surface area contributed by atoms with E-state index >= 15 is 0 Å². The first-order chi connectivity index (χ1) is 8.27. The minimum absolute atomic E-state index is 0.383.